The number of benzene rings is 1. The lowest BCUT2D eigenvalue weighted by atomic mass is 9.72. The molecule has 0 saturated carbocycles. The first-order valence-corrected chi connectivity index (χ1v) is 10.6. The second-order valence-electron chi connectivity index (χ2n) is 9.14. The maximum absolute atomic E-state index is 6.02. The monoisotopic (exact) mass is 381 g/mol. The van der Waals surface area contributed by atoms with Crippen molar-refractivity contribution in [1.82, 2.24) is 14.9 Å². The largest absolute Gasteiger partial charge is 0.471 e. The van der Waals surface area contributed by atoms with E-state index < -0.39 is 0 Å². The molecule has 1 aromatic carbocycles. The molecule has 0 radical (unpaired) electrons. The maximum atomic E-state index is 6.02. The molecule has 4 heteroatoms. The molecule has 1 saturated heterocycles. The normalized spacial score (nSPS) is 17.4. The fraction of sp³-hybridized carbons (Fsp3) is 0.583. The standard InChI is InChI=1S/C24H35N3O/c1-5-24(12-11-20-9-7-6-8-10-20)13-17-27(18-14-24)19-21-22(26-16-15-25-21)28-23(2,3)4/h6-10,15-16H,5,11-14,17-19H2,1-4H3. The summed E-state index contributed by atoms with van der Waals surface area (Å²) in [6.07, 6.45) is 9.72. The van der Waals surface area contributed by atoms with E-state index in [1.54, 1.807) is 12.4 Å². The molecule has 0 unspecified atom stereocenters. The minimum Gasteiger partial charge on any atom is -0.471 e. The van der Waals surface area contributed by atoms with Gasteiger partial charge in [-0.05, 0) is 70.5 Å². The molecule has 28 heavy (non-hydrogen) atoms. The molecule has 1 aliphatic heterocycles. The van der Waals surface area contributed by atoms with Gasteiger partial charge in [0, 0.05) is 18.9 Å². The first kappa shape index (κ1) is 20.8. The topological polar surface area (TPSA) is 38.2 Å². The number of rotatable bonds is 7. The van der Waals surface area contributed by atoms with Crippen molar-refractivity contribution in [2.24, 2.45) is 5.41 Å². The third-order valence-corrected chi connectivity index (χ3v) is 5.97. The van der Waals surface area contributed by atoms with Crippen molar-refractivity contribution in [3.8, 4) is 5.88 Å². The Kier molecular flexibility index (Phi) is 6.71. The van der Waals surface area contributed by atoms with Gasteiger partial charge in [-0.1, -0.05) is 43.7 Å². The first-order chi connectivity index (χ1) is 13.4. The van der Waals surface area contributed by atoms with Crippen LogP contribution in [0.25, 0.3) is 0 Å². The van der Waals surface area contributed by atoms with Crippen LogP contribution in [0, 0.1) is 5.41 Å². The van der Waals surface area contributed by atoms with Crippen molar-refractivity contribution in [3.63, 3.8) is 0 Å². The third kappa shape index (κ3) is 5.78. The predicted molar refractivity (Wildman–Crippen MR) is 114 cm³/mol. The van der Waals surface area contributed by atoms with Gasteiger partial charge in [0.25, 0.3) is 0 Å². The minimum atomic E-state index is -0.262. The molecule has 1 aromatic heterocycles. The molecule has 0 amide bonds. The van der Waals surface area contributed by atoms with Crippen LogP contribution in [0.15, 0.2) is 42.7 Å². The van der Waals surface area contributed by atoms with Gasteiger partial charge in [0.1, 0.15) is 11.3 Å². The molecule has 2 aromatic rings. The van der Waals surface area contributed by atoms with Gasteiger partial charge in [-0.2, -0.15) is 0 Å². The van der Waals surface area contributed by atoms with Crippen molar-refractivity contribution >= 4 is 0 Å². The van der Waals surface area contributed by atoms with Gasteiger partial charge in [0.05, 0.1) is 0 Å². The summed E-state index contributed by atoms with van der Waals surface area (Å²) in [4.78, 5) is 11.5. The maximum Gasteiger partial charge on any atom is 0.237 e. The lowest BCUT2D eigenvalue weighted by molar-refractivity contribution is 0.0817. The van der Waals surface area contributed by atoms with E-state index in [0.29, 0.717) is 11.3 Å². The van der Waals surface area contributed by atoms with Gasteiger partial charge >= 0.3 is 0 Å². The van der Waals surface area contributed by atoms with Crippen LogP contribution in [0.2, 0.25) is 0 Å². The van der Waals surface area contributed by atoms with E-state index in [1.807, 2.05) is 0 Å². The summed E-state index contributed by atoms with van der Waals surface area (Å²) in [6, 6.07) is 10.9. The predicted octanol–water partition coefficient (Wildman–Crippen LogP) is 5.28. The Labute approximate surface area is 170 Å². The van der Waals surface area contributed by atoms with E-state index in [4.69, 9.17) is 4.74 Å². The van der Waals surface area contributed by atoms with Crippen molar-refractivity contribution in [2.75, 3.05) is 13.1 Å². The molecule has 0 atom stereocenters. The molecule has 2 heterocycles. The smallest absolute Gasteiger partial charge is 0.237 e. The van der Waals surface area contributed by atoms with Gasteiger partial charge in [-0.15, -0.1) is 0 Å². The van der Waals surface area contributed by atoms with Crippen molar-refractivity contribution in [2.45, 2.75) is 71.9 Å². The van der Waals surface area contributed by atoms with Crippen LogP contribution in [-0.2, 0) is 13.0 Å². The number of aryl methyl sites for hydroxylation is 1. The van der Waals surface area contributed by atoms with Gasteiger partial charge < -0.3 is 4.74 Å². The Morgan fingerprint density at radius 1 is 1.04 bits per heavy atom. The second kappa shape index (κ2) is 9.04. The summed E-state index contributed by atoms with van der Waals surface area (Å²) >= 11 is 0. The quantitative estimate of drug-likeness (QED) is 0.654. The average Bonchev–Trinajstić information content (AvgIpc) is 2.69. The van der Waals surface area contributed by atoms with E-state index in [0.717, 1.165) is 25.3 Å². The highest BCUT2D eigenvalue weighted by Crippen LogP contribution is 2.39. The Morgan fingerprint density at radius 2 is 1.71 bits per heavy atom. The molecule has 1 fully saturated rings. The Balaban J connectivity index is 1.57. The highest BCUT2D eigenvalue weighted by molar-refractivity contribution is 5.18. The third-order valence-electron chi connectivity index (χ3n) is 5.97. The zero-order chi connectivity index (χ0) is 20.0. The molecule has 0 aliphatic carbocycles. The van der Waals surface area contributed by atoms with Gasteiger partial charge in [0.15, 0.2) is 0 Å². The highest BCUT2D eigenvalue weighted by atomic mass is 16.5. The summed E-state index contributed by atoms with van der Waals surface area (Å²) in [5, 5.41) is 0. The lowest BCUT2D eigenvalue weighted by Gasteiger charge is -2.41. The Morgan fingerprint density at radius 3 is 2.36 bits per heavy atom. The number of piperidine rings is 1. The number of aromatic nitrogens is 2. The lowest BCUT2D eigenvalue weighted by Crippen LogP contribution is -2.40. The molecular weight excluding hydrogens is 346 g/mol. The summed E-state index contributed by atoms with van der Waals surface area (Å²) in [5.74, 6) is 0.673. The van der Waals surface area contributed by atoms with E-state index in [-0.39, 0.29) is 5.60 Å². The van der Waals surface area contributed by atoms with E-state index in [9.17, 15) is 0 Å². The summed E-state index contributed by atoms with van der Waals surface area (Å²) < 4.78 is 6.02. The Hall–Kier alpha value is -1.94. The highest BCUT2D eigenvalue weighted by Gasteiger charge is 2.33. The molecule has 1 aliphatic rings. The zero-order valence-electron chi connectivity index (χ0n) is 17.9. The number of nitrogens with zero attached hydrogens (tertiary/aromatic N) is 3. The molecular formula is C24H35N3O. The second-order valence-corrected chi connectivity index (χ2v) is 9.14. The van der Waals surface area contributed by atoms with Gasteiger partial charge in [0.2, 0.25) is 5.88 Å². The summed E-state index contributed by atoms with van der Waals surface area (Å²) in [5.41, 5.74) is 2.62. The molecule has 3 rings (SSSR count). The van der Waals surface area contributed by atoms with Crippen LogP contribution >= 0.6 is 0 Å². The SMILES string of the molecule is CCC1(CCc2ccccc2)CCN(Cc2nccnc2OC(C)(C)C)CC1. The van der Waals surface area contributed by atoms with Gasteiger partial charge in [-0.3, -0.25) is 9.88 Å². The molecule has 0 spiro atoms. The van der Waals surface area contributed by atoms with Crippen LogP contribution < -0.4 is 4.74 Å². The van der Waals surface area contributed by atoms with Crippen LogP contribution in [-0.4, -0.2) is 33.6 Å². The van der Waals surface area contributed by atoms with Crippen molar-refractivity contribution in [3.05, 3.63) is 54.0 Å². The van der Waals surface area contributed by atoms with Crippen molar-refractivity contribution in [1.29, 1.82) is 0 Å². The van der Waals surface area contributed by atoms with E-state index in [2.05, 4.69) is 72.9 Å². The average molecular weight is 382 g/mol. The Bertz CT molecular complexity index is 731. The van der Waals surface area contributed by atoms with Gasteiger partial charge in [-0.25, -0.2) is 4.98 Å². The number of hydrogen-bond acceptors (Lipinski definition) is 4. The summed E-state index contributed by atoms with van der Waals surface area (Å²) in [7, 11) is 0. The molecule has 152 valence electrons. The van der Waals surface area contributed by atoms with Crippen LogP contribution in [0.3, 0.4) is 0 Å². The first-order valence-electron chi connectivity index (χ1n) is 10.6. The van der Waals surface area contributed by atoms with Crippen molar-refractivity contribution < 1.29 is 4.74 Å². The van der Waals surface area contributed by atoms with Crippen LogP contribution in [0.4, 0.5) is 0 Å². The fourth-order valence-corrected chi connectivity index (χ4v) is 4.07. The minimum absolute atomic E-state index is 0.262. The van der Waals surface area contributed by atoms with Crippen LogP contribution in [0.1, 0.15) is 64.6 Å². The van der Waals surface area contributed by atoms with Crippen LogP contribution in [0.5, 0.6) is 5.88 Å². The number of hydrogen-bond donors (Lipinski definition) is 0. The number of ether oxygens (including phenoxy) is 1. The molecule has 4 nitrogen and oxygen atoms in total. The summed E-state index contributed by atoms with van der Waals surface area (Å²) in [6.45, 7) is 11.6. The van der Waals surface area contributed by atoms with E-state index in [1.165, 1.54) is 37.7 Å². The fourth-order valence-electron chi connectivity index (χ4n) is 4.07. The number of likely N-dealkylation sites (tertiary alicyclic amines) is 1. The molecule has 0 N–H and O–H groups in total. The zero-order valence-corrected chi connectivity index (χ0v) is 17.9. The van der Waals surface area contributed by atoms with E-state index >= 15 is 0 Å². The molecule has 0 bridgehead atoms.